The molecule has 9 heteroatoms. The maximum absolute atomic E-state index is 13.0. The highest BCUT2D eigenvalue weighted by atomic mass is 32.1. The summed E-state index contributed by atoms with van der Waals surface area (Å²) in [6, 6.07) is 7.89. The zero-order chi connectivity index (χ0) is 21.1. The maximum Gasteiger partial charge on any atom is 0.290 e. The van der Waals surface area contributed by atoms with Crippen molar-refractivity contribution in [2.45, 2.75) is 6.10 Å². The van der Waals surface area contributed by atoms with Crippen LogP contribution in [0.1, 0.15) is 32.0 Å². The molecule has 1 aromatic carbocycles. The lowest BCUT2D eigenvalue weighted by Gasteiger charge is -2.33. The number of nitrogens with zero attached hydrogens (tertiary/aromatic N) is 3. The second-order valence-corrected chi connectivity index (χ2v) is 8.11. The van der Waals surface area contributed by atoms with Gasteiger partial charge in [-0.15, -0.1) is 11.3 Å². The quantitative estimate of drug-likeness (QED) is 0.609. The van der Waals surface area contributed by atoms with Crippen LogP contribution in [0.5, 0.6) is 0 Å². The average molecular weight is 429 g/mol. The number of hydrogen-bond acceptors (Lipinski definition) is 6. The lowest BCUT2D eigenvalue weighted by atomic mass is 10.0. The van der Waals surface area contributed by atoms with Gasteiger partial charge in [-0.2, -0.15) is 0 Å². The molecule has 1 aliphatic rings. The number of methoxy groups -OCH3 is 1. The molecule has 8 nitrogen and oxygen atoms in total. The first-order valence-corrected chi connectivity index (χ1v) is 10.6. The molecule has 1 N–H and O–H groups in total. The molecule has 4 rings (SSSR count). The van der Waals surface area contributed by atoms with Gasteiger partial charge in [-0.05, 0) is 11.5 Å². The molecular weight excluding hydrogens is 404 g/mol. The minimum Gasteiger partial charge on any atom is -0.383 e. The molecule has 158 valence electrons. The second kappa shape index (κ2) is 8.95. The Morgan fingerprint density at radius 2 is 2.20 bits per heavy atom. The molecular formula is C21H24N4O4S. The Balaban J connectivity index is 1.64. The van der Waals surface area contributed by atoms with Crippen LogP contribution < -0.4 is 5.32 Å². The second-order valence-electron chi connectivity index (χ2n) is 7.06. The molecule has 1 atom stereocenters. The Kier molecular flexibility index (Phi) is 6.12. The van der Waals surface area contributed by atoms with Gasteiger partial charge < -0.3 is 24.3 Å². The molecule has 3 heterocycles. The van der Waals surface area contributed by atoms with Gasteiger partial charge in [0.05, 0.1) is 24.6 Å². The van der Waals surface area contributed by atoms with E-state index >= 15 is 0 Å². The van der Waals surface area contributed by atoms with E-state index in [4.69, 9.17) is 9.47 Å². The van der Waals surface area contributed by atoms with Crippen molar-refractivity contribution < 1.29 is 19.1 Å². The van der Waals surface area contributed by atoms with Gasteiger partial charge in [0.15, 0.2) is 5.82 Å². The number of carbonyl (C=O) groups excluding carboxylic acids is 2. The lowest BCUT2D eigenvalue weighted by Crippen LogP contribution is -2.43. The highest BCUT2D eigenvalue weighted by molar-refractivity contribution is 7.21. The van der Waals surface area contributed by atoms with Crippen LogP contribution in [-0.4, -0.2) is 66.2 Å². The smallest absolute Gasteiger partial charge is 0.290 e. The van der Waals surface area contributed by atoms with Crippen molar-refractivity contribution in [3.05, 3.63) is 52.9 Å². The third kappa shape index (κ3) is 3.96. The Morgan fingerprint density at radius 3 is 2.97 bits per heavy atom. The fourth-order valence-corrected chi connectivity index (χ4v) is 4.79. The zero-order valence-corrected chi connectivity index (χ0v) is 17.8. The number of ether oxygens (including phenoxy) is 2. The Morgan fingerprint density at radius 1 is 1.37 bits per heavy atom. The van der Waals surface area contributed by atoms with Crippen LogP contribution >= 0.6 is 11.3 Å². The molecule has 0 spiro atoms. The van der Waals surface area contributed by atoms with Gasteiger partial charge in [0.1, 0.15) is 6.10 Å². The van der Waals surface area contributed by atoms with Crippen molar-refractivity contribution in [2.24, 2.45) is 7.05 Å². The number of amides is 2. The Hall–Kier alpha value is -2.75. The predicted molar refractivity (Wildman–Crippen MR) is 114 cm³/mol. The summed E-state index contributed by atoms with van der Waals surface area (Å²) >= 11 is 1.44. The minimum absolute atomic E-state index is 0.138. The Labute approximate surface area is 178 Å². The summed E-state index contributed by atoms with van der Waals surface area (Å²) < 4.78 is 13.8. The van der Waals surface area contributed by atoms with E-state index in [1.165, 1.54) is 11.3 Å². The van der Waals surface area contributed by atoms with Crippen LogP contribution in [-0.2, 0) is 16.5 Å². The van der Waals surface area contributed by atoms with Crippen molar-refractivity contribution in [1.29, 1.82) is 0 Å². The molecule has 0 bridgehead atoms. The van der Waals surface area contributed by atoms with E-state index in [1.807, 2.05) is 24.3 Å². The summed E-state index contributed by atoms with van der Waals surface area (Å²) in [5.74, 6) is 0.101. The number of nitrogens with one attached hydrogen (secondary N) is 1. The van der Waals surface area contributed by atoms with Crippen LogP contribution in [0.2, 0.25) is 0 Å². The van der Waals surface area contributed by atoms with Crippen LogP contribution in [0.4, 0.5) is 0 Å². The average Bonchev–Trinajstić information content (AvgIpc) is 3.37. The van der Waals surface area contributed by atoms with Crippen LogP contribution in [0.25, 0.3) is 10.1 Å². The van der Waals surface area contributed by atoms with Gasteiger partial charge in [0.2, 0.25) is 0 Å². The number of benzene rings is 1. The van der Waals surface area contributed by atoms with Crippen LogP contribution in [0, 0.1) is 0 Å². The Bertz CT molecular complexity index is 1060. The van der Waals surface area contributed by atoms with Gasteiger partial charge >= 0.3 is 0 Å². The lowest BCUT2D eigenvalue weighted by molar-refractivity contribution is -0.0227. The predicted octanol–water partition coefficient (Wildman–Crippen LogP) is 2.22. The first-order chi connectivity index (χ1) is 14.6. The number of rotatable bonds is 6. The molecule has 1 aliphatic heterocycles. The standard InChI is InChI=1S/C21H24N4O4S/c1-24-9-7-22-19(24)21(27)25-10-12-29-15(13-25)17-14-5-3-4-6-16(14)30-18(17)20(26)23-8-11-28-2/h3-7,9,15H,8,10-13H2,1-2H3,(H,23,26)/t15-/m1/s1. The third-order valence-electron chi connectivity index (χ3n) is 5.12. The summed E-state index contributed by atoms with van der Waals surface area (Å²) in [6.45, 7) is 2.12. The minimum atomic E-state index is -0.387. The topological polar surface area (TPSA) is 85.7 Å². The van der Waals surface area contributed by atoms with E-state index in [-0.39, 0.29) is 17.9 Å². The van der Waals surface area contributed by atoms with Crippen molar-refractivity contribution in [1.82, 2.24) is 19.8 Å². The van der Waals surface area contributed by atoms with Gasteiger partial charge in [-0.3, -0.25) is 9.59 Å². The summed E-state index contributed by atoms with van der Waals surface area (Å²) in [4.78, 5) is 32.4. The number of fused-ring (bicyclic) bond motifs is 1. The molecule has 0 radical (unpaired) electrons. The van der Waals surface area contributed by atoms with Gasteiger partial charge in [0, 0.05) is 49.9 Å². The number of thiophene rings is 1. The van der Waals surface area contributed by atoms with Crippen molar-refractivity contribution >= 4 is 33.2 Å². The number of aryl methyl sites for hydroxylation is 1. The molecule has 0 aliphatic carbocycles. The number of aromatic nitrogens is 2. The molecule has 30 heavy (non-hydrogen) atoms. The fraction of sp³-hybridized carbons (Fsp3) is 0.381. The van der Waals surface area contributed by atoms with Crippen molar-refractivity contribution in [2.75, 3.05) is 40.0 Å². The molecule has 0 unspecified atom stereocenters. The summed E-state index contributed by atoms with van der Waals surface area (Å²) in [5.41, 5.74) is 0.836. The van der Waals surface area contributed by atoms with E-state index in [9.17, 15) is 9.59 Å². The van der Waals surface area contributed by atoms with E-state index in [0.29, 0.717) is 43.5 Å². The normalized spacial score (nSPS) is 16.7. The molecule has 1 saturated heterocycles. The number of carbonyl (C=O) groups is 2. The highest BCUT2D eigenvalue weighted by Gasteiger charge is 2.32. The molecule has 2 amide bonds. The molecule has 3 aromatic rings. The summed E-state index contributed by atoms with van der Waals surface area (Å²) in [7, 11) is 3.40. The maximum atomic E-state index is 13.0. The molecule has 2 aromatic heterocycles. The van der Waals surface area contributed by atoms with Gasteiger partial charge in [0.25, 0.3) is 11.8 Å². The first kappa shape index (κ1) is 20.5. The third-order valence-corrected chi connectivity index (χ3v) is 6.31. The largest absolute Gasteiger partial charge is 0.383 e. The van der Waals surface area contributed by atoms with E-state index in [1.54, 1.807) is 36.0 Å². The highest BCUT2D eigenvalue weighted by Crippen LogP contribution is 2.38. The van der Waals surface area contributed by atoms with Crippen molar-refractivity contribution in [3.8, 4) is 0 Å². The van der Waals surface area contributed by atoms with E-state index < -0.39 is 0 Å². The SMILES string of the molecule is COCCNC(=O)c1sc2ccccc2c1[C@H]1CN(C(=O)c2nccn2C)CCO1. The number of morpholine rings is 1. The number of imidazole rings is 1. The molecule has 1 fully saturated rings. The molecule has 0 saturated carbocycles. The zero-order valence-electron chi connectivity index (χ0n) is 17.0. The van der Waals surface area contributed by atoms with E-state index in [2.05, 4.69) is 10.3 Å². The van der Waals surface area contributed by atoms with E-state index in [0.717, 1.165) is 15.6 Å². The van der Waals surface area contributed by atoms with Crippen molar-refractivity contribution in [3.63, 3.8) is 0 Å². The summed E-state index contributed by atoms with van der Waals surface area (Å²) in [5, 5.41) is 3.88. The van der Waals surface area contributed by atoms with Crippen LogP contribution in [0.15, 0.2) is 36.7 Å². The van der Waals surface area contributed by atoms with Crippen LogP contribution in [0.3, 0.4) is 0 Å². The first-order valence-electron chi connectivity index (χ1n) is 9.77. The summed E-state index contributed by atoms with van der Waals surface area (Å²) in [6.07, 6.45) is 2.97. The van der Waals surface area contributed by atoms with Gasteiger partial charge in [-0.1, -0.05) is 18.2 Å². The number of hydrogen-bond donors (Lipinski definition) is 1. The van der Waals surface area contributed by atoms with Gasteiger partial charge in [-0.25, -0.2) is 4.98 Å². The monoisotopic (exact) mass is 428 g/mol. The fourth-order valence-electron chi connectivity index (χ4n) is 3.62.